The quantitative estimate of drug-likeness (QED) is 0.665. The van der Waals surface area contributed by atoms with Crippen LogP contribution in [-0.4, -0.2) is 37.1 Å². The molecule has 1 aliphatic rings. The van der Waals surface area contributed by atoms with Crippen LogP contribution in [0.3, 0.4) is 0 Å². The molecule has 0 bridgehead atoms. The van der Waals surface area contributed by atoms with Gasteiger partial charge in [0.05, 0.1) is 0 Å². The zero-order valence-electron chi connectivity index (χ0n) is 13.1. The molecule has 0 saturated carbocycles. The summed E-state index contributed by atoms with van der Waals surface area (Å²) in [7, 11) is 0. The Kier molecular flexibility index (Phi) is 7.25. The zero-order chi connectivity index (χ0) is 13.4. The topological polar surface area (TPSA) is 15.3 Å². The monoisotopic (exact) mass is 254 g/mol. The Hall–Kier alpha value is -0.0800. The summed E-state index contributed by atoms with van der Waals surface area (Å²) in [6.45, 7) is 14.4. The van der Waals surface area contributed by atoms with Crippen molar-refractivity contribution in [2.24, 2.45) is 5.41 Å². The number of hydrogen-bond donors (Lipinski definition) is 1. The summed E-state index contributed by atoms with van der Waals surface area (Å²) in [6.07, 6.45) is 8.15. The van der Waals surface area contributed by atoms with Gasteiger partial charge >= 0.3 is 0 Å². The fourth-order valence-electron chi connectivity index (χ4n) is 3.09. The van der Waals surface area contributed by atoms with Gasteiger partial charge in [-0.1, -0.05) is 26.7 Å². The van der Waals surface area contributed by atoms with Crippen LogP contribution >= 0.6 is 0 Å². The van der Waals surface area contributed by atoms with Gasteiger partial charge in [0.25, 0.3) is 0 Å². The normalized spacial score (nSPS) is 25.0. The number of piperidine rings is 1. The van der Waals surface area contributed by atoms with E-state index in [4.69, 9.17) is 0 Å². The minimum Gasteiger partial charge on any atom is -0.316 e. The molecule has 2 heteroatoms. The van der Waals surface area contributed by atoms with Crippen LogP contribution in [-0.2, 0) is 0 Å². The van der Waals surface area contributed by atoms with E-state index in [0.717, 1.165) is 0 Å². The number of hydrogen-bond acceptors (Lipinski definition) is 2. The minimum absolute atomic E-state index is 0.536. The Balaban J connectivity index is 2.51. The summed E-state index contributed by atoms with van der Waals surface area (Å²) in [4.78, 5) is 2.71. The Morgan fingerprint density at radius 1 is 1.22 bits per heavy atom. The van der Waals surface area contributed by atoms with Gasteiger partial charge in [-0.15, -0.1) is 0 Å². The highest BCUT2D eigenvalue weighted by Gasteiger charge is 2.32. The van der Waals surface area contributed by atoms with E-state index in [2.05, 4.69) is 37.9 Å². The maximum atomic E-state index is 3.61. The van der Waals surface area contributed by atoms with E-state index in [1.54, 1.807) is 0 Å². The van der Waals surface area contributed by atoms with E-state index in [1.807, 2.05) is 0 Å². The second kappa shape index (κ2) is 8.16. The maximum absolute atomic E-state index is 3.61. The van der Waals surface area contributed by atoms with Crippen molar-refractivity contribution in [2.45, 2.75) is 72.3 Å². The van der Waals surface area contributed by atoms with Crippen LogP contribution in [0.4, 0.5) is 0 Å². The second-order valence-electron chi connectivity index (χ2n) is 6.41. The number of nitrogens with zero attached hydrogens (tertiary/aromatic N) is 1. The summed E-state index contributed by atoms with van der Waals surface area (Å²) < 4.78 is 0. The van der Waals surface area contributed by atoms with E-state index in [1.165, 1.54) is 64.7 Å². The smallest absolute Gasteiger partial charge is 0.00527 e. The van der Waals surface area contributed by atoms with Crippen LogP contribution in [0.2, 0.25) is 0 Å². The third-order valence-electron chi connectivity index (χ3n) is 4.63. The lowest BCUT2D eigenvalue weighted by Crippen LogP contribution is -2.49. The average Bonchev–Trinajstić information content (AvgIpc) is 2.39. The summed E-state index contributed by atoms with van der Waals surface area (Å²) in [6, 6.07) is 0.687. The zero-order valence-corrected chi connectivity index (χ0v) is 13.1. The molecule has 0 radical (unpaired) electrons. The molecule has 1 atom stereocenters. The molecule has 1 fully saturated rings. The van der Waals surface area contributed by atoms with Gasteiger partial charge in [0.15, 0.2) is 0 Å². The Morgan fingerprint density at radius 3 is 2.50 bits per heavy atom. The first-order valence-corrected chi connectivity index (χ1v) is 8.08. The average molecular weight is 254 g/mol. The number of rotatable bonds is 8. The molecule has 108 valence electrons. The summed E-state index contributed by atoms with van der Waals surface area (Å²) >= 11 is 0. The minimum atomic E-state index is 0.536. The lowest BCUT2D eigenvalue weighted by molar-refractivity contribution is 0.0899. The van der Waals surface area contributed by atoms with Gasteiger partial charge in [0.1, 0.15) is 0 Å². The van der Waals surface area contributed by atoms with E-state index >= 15 is 0 Å². The lowest BCUT2D eigenvalue weighted by atomic mass is 9.77. The number of nitrogens with one attached hydrogen (secondary N) is 1. The molecule has 1 unspecified atom stereocenters. The molecule has 1 aliphatic heterocycles. The van der Waals surface area contributed by atoms with Gasteiger partial charge < -0.3 is 10.2 Å². The molecule has 0 aromatic carbocycles. The highest BCUT2D eigenvalue weighted by atomic mass is 15.2. The SMILES string of the molecule is CCCCCN(CC1(CC)CCCNC1)C(C)C. The molecule has 1 N–H and O–H groups in total. The fraction of sp³-hybridized carbons (Fsp3) is 1.00. The first kappa shape index (κ1) is 16.0. The summed E-state index contributed by atoms with van der Waals surface area (Å²) in [5.41, 5.74) is 0.536. The molecule has 0 aromatic heterocycles. The molecule has 1 heterocycles. The Bertz CT molecular complexity index is 207. The van der Waals surface area contributed by atoms with Gasteiger partial charge in [-0.2, -0.15) is 0 Å². The van der Waals surface area contributed by atoms with Crippen molar-refractivity contribution >= 4 is 0 Å². The molecule has 0 amide bonds. The van der Waals surface area contributed by atoms with Crippen molar-refractivity contribution in [1.29, 1.82) is 0 Å². The lowest BCUT2D eigenvalue weighted by Gasteiger charge is -2.42. The molecule has 1 rings (SSSR count). The van der Waals surface area contributed by atoms with Crippen LogP contribution in [0.15, 0.2) is 0 Å². The number of unbranched alkanes of at least 4 members (excludes halogenated alkanes) is 2. The maximum Gasteiger partial charge on any atom is 0.00527 e. The summed E-state index contributed by atoms with van der Waals surface area (Å²) in [5, 5.41) is 3.61. The third kappa shape index (κ3) is 4.89. The van der Waals surface area contributed by atoms with Crippen LogP contribution in [0.1, 0.15) is 66.2 Å². The van der Waals surface area contributed by atoms with Crippen molar-refractivity contribution in [3.8, 4) is 0 Å². The van der Waals surface area contributed by atoms with E-state index < -0.39 is 0 Å². The van der Waals surface area contributed by atoms with Crippen molar-refractivity contribution in [1.82, 2.24) is 10.2 Å². The highest BCUT2D eigenvalue weighted by Crippen LogP contribution is 2.31. The van der Waals surface area contributed by atoms with Crippen LogP contribution in [0.5, 0.6) is 0 Å². The molecule has 0 aromatic rings. The first-order chi connectivity index (χ1) is 8.63. The van der Waals surface area contributed by atoms with Gasteiger partial charge in [0.2, 0.25) is 0 Å². The standard InChI is InChI=1S/C16H34N2/c1-5-7-8-12-18(15(3)4)14-16(6-2)10-9-11-17-13-16/h15,17H,5-14H2,1-4H3. The summed E-state index contributed by atoms with van der Waals surface area (Å²) in [5.74, 6) is 0. The fourth-order valence-corrected chi connectivity index (χ4v) is 3.09. The van der Waals surface area contributed by atoms with Gasteiger partial charge in [-0.25, -0.2) is 0 Å². The van der Waals surface area contributed by atoms with Crippen LogP contribution in [0.25, 0.3) is 0 Å². The Morgan fingerprint density at radius 2 is 2.00 bits per heavy atom. The third-order valence-corrected chi connectivity index (χ3v) is 4.63. The van der Waals surface area contributed by atoms with Crippen molar-refractivity contribution in [3.63, 3.8) is 0 Å². The van der Waals surface area contributed by atoms with E-state index in [-0.39, 0.29) is 0 Å². The van der Waals surface area contributed by atoms with Crippen molar-refractivity contribution < 1.29 is 0 Å². The predicted octanol–water partition coefficient (Wildman–Crippen LogP) is 3.67. The van der Waals surface area contributed by atoms with Crippen molar-refractivity contribution in [3.05, 3.63) is 0 Å². The molecule has 0 spiro atoms. The molecule has 18 heavy (non-hydrogen) atoms. The highest BCUT2D eigenvalue weighted by molar-refractivity contribution is 4.88. The van der Waals surface area contributed by atoms with Crippen molar-refractivity contribution in [2.75, 3.05) is 26.2 Å². The van der Waals surface area contributed by atoms with Crippen LogP contribution in [0, 0.1) is 5.41 Å². The second-order valence-corrected chi connectivity index (χ2v) is 6.41. The molecule has 1 saturated heterocycles. The van der Waals surface area contributed by atoms with Gasteiger partial charge in [-0.05, 0) is 58.0 Å². The van der Waals surface area contributed by atoms with E-state index in [0.29, 0.717) is 11.5 Å². The molecule has 0 aliphatic carbocycles. The largest absolute Gasteiger partial charge is 0.316 e. The van der Waals surface area contributed by atoms with E-state index in [9.17, 15) is 0 Å². The van der Waals surface area contributed by atoms with Gasteiger partial charge in [0, 0.05) is 19.1 Å². The molecular formula is C16H34N2. The molecular weight excluding hydrogens is 220 g/mol. The van der Waals surface area contributed by atoms with Crippen LogP contribution < -0.4 is 5.32 Å². The predicted molar refractivity (Wildman–Crippen MR) is 81.1 cm³/mol. The van der Waals surface area contributed by atoms with Gasteiger partial charge in [-0.3, -0.25) is 0 Å². The Labute approximate surface area is 115 Å². The first-order valence-electron chi connectivity index (χ1n) is 8.08. The molecule has 2 nitrogen and oxygen atoms in total.